The molecule has 14 nitrogen and oxygen atoms in total. The molecule has 4 aliphatic carbocycles. The summed E-state index contributed by atoms with van der Waals surface area (Å²) in [7, 11) is 7.49. The number of carbonyl (C=O) groups is 2. The number of nitrogens with zero attached hydrogens (tertiary/aromatic N) is 10. The number of carbonyl (C=O) groups excluding carboxylic acids is 2. The molecular formula is C36H56N10O4Zn. The zero-order valence-electron chi connectivity index (χ0n) is 32.0. The van der Waals surface area contributed by atoms with Crippen molar-refractivity contribution in [2.75, 3.05) is 28.2 Å². The summed E-state index contributed by atoms with van der Waals surface area (Å²) >= 11 is 0. The molecule has 0 spiro atoms. The summed E-state index contributed by atoms with van der Waals surface area (Å²) in [5.74, 6) is 0.953. The predicted octanol–water partition coefficient (Wildman–Crippen LogP) is 3.57. The molecule has 51 heavy (non-hydrogen) atoms. The van der Waals surface area contributed by atoms with Crippen LogP contribution in [0.2, 0.25) is 0 Å². The van der Waals surface area contributed by atoms with Crippen LogP contribution < -0.4 is 10.2 Å². The van der Waals surface area contributed by atoms with Crippen LogP contribution in [0.5, 0.6) is 0 Å². The van der Waals surface area contributed by atoms with Crippen molar-refractivity contribution in [3.63, 3.8) is 0 Å². The van der Waals surface area contributed by atoms with E-state index >= 15 is 0 Å². The van der Waals surface area contributed by atoms with Gasteiger partial charge in [0.2, 0.25) is 0 Å². The van der Waals surface area contributed by atoms with Gasteiger partial charge < -0.3 is 10.2 Å². The molecule has 0 N–H and O–H groups in total. The second-order valence-corrected chi connectivity index (χ2v) is 16.8. The van der Waals surface area contributed by atoms with Gasteiger partial charge in [-0.3, -0.25) is 19.4 Å². The van der Waals surface area contributed by atoms with Crippen molar-refractivity contribution >= 4 is 11.6 Å². The maximum absolute atomic E-state index is 12.8. The first kappa shape index (κ1) is 40.9. The van der Waals surface area contributed by atoms with Gasteiger partial charge in [-0.05, 0) is 98.4 Å². The molecule has 2 aromatic heterocycles. The molecular weight excluding hydrogens is 702 g/mol. The number of Topliss-reactive ketones (excluding diaryl/α,β-unsaturated/α-hetero) is 2. The summed E-state index contributed by atoms with van der Waals surface area (Å²) in [6, 6.07) is -0.444. The van der Waals surface area contributed by atoms with Gasteiger partial charge in [0.05, 0.1) is 24.2 Å². The number of tetrazole rings is 2. The molecule has 0 bridgehead atoms. The molecule has 4 aliphatic rings. The van der Waals surface area contributed by atoms with Crippen molar-refractivity contribution in [2.24, 2.45) is 10.8 Å². The van der Waals surface area contributed by atoms with Gasteiger partial charge in [0.1, 0.15) is 0 Å². The summed E-state index contributed by atoms with van der Waals surface area (Å²) in [6.45, 7) is 7.87. The molecule has 6 rings (SSSR count). The van der Waals surface area contributed by atoms with Crippen molar-refractivity contribution in [2.45, 2.75) is 142 Å². The fourth-order valence-electron chi connectivity index (χ4n) is 8.33. The Morgan fingerprint density at radius 3 is 1.24 bits per heavy atom. The van der Waals surface area contributed by atoms with E-state index in [0.717, 1.165) is 25.7 Å². The van der Waals surface area contributed by atoms with Crippen LogP contribution in [0.3, 0.4) is 0 Å². The molecule has 2 saturated carbocycles. The molecule has 2 fully saturated rings. The third-order valence-electron chi connectivity index (χ3n) is 10.7. The molecule has 0 aromatic carbocycles. The topological polar surface area (TPSA) is 174 Å². The smallest absolute Gasteiger partial charge is 0.875 e. The van der Waals surface area contributed by atoms with Gasteiger partial charge in [0.25, 0.3) is 0 Å². The monoisotopic (exact) mass is 756 g/mol. The van der Waals surface area contributed by atoms with Crippen molar-refractivity contribution in [1.29, 1.82) is 0 Å². The van der Waals surface area contributed by atoms with Crippen molar-refractivity contribution in [3.05, 3.63) is 34.3 Å². The standard InChI is InChI=1S/2C18H29N5O2.Zn/c2*1-18(2)10-13(24)15(14(25)11-18)16(22(3)4)17-19-20-21-23(17)12-8-6-5-7-9-12;/h2*12,16,24H,5-11H2,1-4H3;/q;;+2/p-2/t2*16-;/m00./s1. The minimum Gasteiger partial charge on any atom is -0.875 e. The Morgan fingerprint density at radius 2 is 0.941 bits per heavy atom. The normalized spacial score (nSPS) is 22.9. The molecule has 15 heteroatoms. The average molecular weight is 758 g/mol. The van der Waals surface area contributed by atoms with Gasteiger partial charge in [-0.2, -0.15) is 0 Å². The Balaban J connectivity index is 0.000000224. The molecule has 2 aromatic rings. The van der Waals surface area contributed by atoms with E-state index in [1.54, 1.807) is 0 Å². The molecule has 0 radical (unpaired) electrons. The number of rotatable bonds is 8. The molecule has 0 saturated heterocycles. The molecule has 276 valence electrons. The number of aromatic nitrogens is 8. The van der Waals surface area contributed by atoms with E-state index < -0.39 is 12.1 Å². The largest absolute Gasteiger partial charge is 2.00 e. The van der Waals surface area contributed by atoms with Crippen LogP contribution in [-0.4, -0.2) is 90.0 Å². The molecule has 0 aliphatic heterocycles. The Bertz CT molecular complexity index is 1460. The Kier molecular flexibility index (Phi) is 13.5. The van der Waals surface area contributed by atoms with Crippen LogP contribution in [0.15, 0.2) is 22.7 Å². The minimum atomic E-state index is -0.479. The van der Waals surface area contributed by atoms with Crippen LogP contribution in [0.25, 0.3) is 0 Å². The summed E-state index contributed by atoms with van der Waals surface area (Å²) in [4.78, 5) is 29.3. The zero-order chi connectivity index (χ0) is 36.4. The van der Waals surface area contributed by atoms with E-state index in [1.165, 1.54) is 38.5 Å². The van der Waals surface area contributed by atoms with E-state index in [-0.39, 0.29) is 65.5 Å². The SMILES string of the molecule is CN(C)[C@@H](C1=C([O-])CC(C)(C)CC1=O)c1nnnn1C1CCCCC1.CN(C)[C@@H](C1=C([O-])CC(C)(C)CC1=O)c1nnnn1C1CCCCC1.[Zn+2]. The van der Waals surface area contributed by atoms with E-state index in [0.29, 0.717) is 48.5 Å². The Hall–Kier alpha value is -2.90. The summed E-state index contributed by atoms with van der Waals surface area (Å²) in [5.41, 5.74) is 0.139. The third-order valence-corrected chi connectivity index (χ3v) is 10.7. The van der Waals surface area contributed by atoms with Gasteiger partial charge in [-0.15, -0.1) is 21.7 Å². The Labute approximate surface area is 315 Å². The predicted molar refractivity (Wildman–Crippen MR) is 183 cm³/mol. The quantitative estimate of drug-likeness (QED) is 0.359. The summed E-state index contributed by atoms with van der Waals surface area (Å²) < 4.78 is 3.72. The first-order chi connectivity index (χ1) is 23.6. The first-order valence-corrected chi connectivity index (χ1v) is 18.3. The van der Waals surface area contributed by atoms with Gasteiger partial charge in [-0.25, -0.2) is 9.36 Å². The van der Waals surface area contributed by atoms with Gasteiger partial charge >= 0.3 is 19.5 Å². The van der Waals surface area contributed by atoms with E-state index in [4.69, 9.17) is 0 Å². The zero-order valence-corrected chi connectivity index (χ0v) is 35.0. The van der Waals surface area contributed by atoms with Gasteiger partial charge in [0.15, 0.2) is 23.2 Å². The van der Waals surface area contributed by atoms with Crippen LogP contribution in [-0.2, 0) is 29.1 Å². The maximum Gasteiger partial charge on any atom is 2.00 e. The Morgan fingerprint density at radius 1 is 0.608 bits per heavy atom. The van der Waals surface area contributed by atoms with E-state index in [2.05, 4.69) is 31.1 Å². The first-order valence-electron chi connectivity index (χ1n) is 18.3. The van der Waals surface area contributed by atoms with Crippen molar-refractivity contribution in [1.82, 2.24) is 50.2 Å². The average Bonchev–Trinajstić information content (AvgIpc) is 3.71. The number of ketones is 2. The number of likely N-dealkylation sites (N-methyl/N-ethyl adjacent to an activating group) is 2. The molecule has 0 unspecified atom stereocenters. The second-order valence-electron chi connectivity index (χ2n) is 16.8. The van der Waals surface area contributed by atoms with Crippen LogP contribution in [0.4, 0.5) is 0 Å². The van der Waals surface area contributed by atoms with Gasteiger partial charge in [0, 0.05) is 24.0 Å². The second kappa shape index (κ2) is 16.8. The minimum absolute atomic E-state index is 0. The fourth-order valence-corrected chi connectivity index (χ4v) is 8.33. The maximum atomic E-state index is 12.8. The van der Waals surface area contributed by atoms with Crippen molar-refractivity contribution in [3.8, 4) is 0 Å². The number of allylic oxidation sites excluding steroid dienone is 2. The van der Waals surface area contributed by atoms with Gasteiger partial charge in [-0.1, -0.05) is 66.2 Å². The molecule has 0 amide bonds. The number of hydrogen-bond donors (Lipinski definition) is 0. The molecule has 2 heterocycles. The summed E-state index contributed by atoms with van der Waals surface area (Å²) in [6.07, 6.45) is 12.9. The van der Waals surface area contributed by atoms with Crippen LogP contribution >= 0.6 is 0 Å². The fraction of sp³-hybridized carbons (Fsp3) is 0.778. The van der Waals surface area contributed by atoms with Crippen molar-refractivity contribution < 1.29 is 39.3 Å². The third kappa shape index (κ3) is 9.37. The van der Waals surface area contributed by atoms with E-state index in [9.17, 15) is 19.8 Å². The number of hydrogen-bond acceptors (Lipinski definition) is 12. The summed E-state index contributed by atoms with van der Waals surface area (Å²) in [5, 5.41) is 50.2. The molecule has 2 atom stereocenters. The van der Waals surface area contributed by atoms with E-state index in [1.807, 2.05) is 75.0 Å². The van der Waals surface area contributed by atoms with Crippen LogP contribution in [0, 0.1) is 10.8 Å². The van der Waals surface area contributed by atoms with Crippen LogP contribution in [0.1, 0.15) is 153 Å².